The number of carbonyl (C=O) groups is 2. The molecule has 0 aliphatic heterocycles. The van der Waals surface area contributed by atoms with Crippen LogP contribution in [0.5, 0.6) is 0 Å². The maximum atomic E-state index is 10.3. The third-order valence-electron chi connectivity index (χ3n) is 0.611. The van der Waals surface area contributed by atoms with Gasteiger partial charge in [-0.15, -0.1) is 0 Å². The smallest absolute Gasteiger partial charge is 0.442 e. The normalized spacial score (nSPS) is 10.7. The minimum absolute atomic E-state index is 0.566. The van der Waals surface area contributed by atoms with Gasteiger partial charge in [0.05, 0.1) is 0 Å². The minimum atomic E-state index is -3.69. The van der Waals surface area contributed by atoms with Crippen LogP contribution in [-0.2, 0) is 19.1 Å². The van der Waals surface area contributed by atoms with Crippen molar-refractivity contribution in [2.45, 2.75) is 6.16 Å². The summed E-state index contributed by atoms with van der Waals surface area (Å²) in [6.07, 6.45) is -3.69. The molecule has 5 N–H and O–H groups in total. The number of ether oxygens (including phenoxy) is 2. The van der Waals surface area contributed by atoms with Crippen LogP contribution in [0.15, 0.2) is 0 Å². The van der Waals surface area contributed by atoms with Crippen LogP contribution >= 0.6 is 0 Å². The van der Waals surface area contributed by atoms with Crippen molar-refractivity contribution in [3.05, 3.63) is 0 Å². The fraction of sp³-hybridized carbons (Fsp3) is 0.500. The molecule has 0 spiro atoms. The zero-order valence-electron chi connectivity index (χ0n) is 5.76. The first-order chi connectivity index (χ1) is 5.37. The molecule has 0 fully saturated rings. The molecule has 0 heterocycles. The summed E-state index contributed by atoms with van der Waals surface area (Å²) in [4.78, 5) is 20.6. The van der Waals surface area contributed by atoms with Gasteiger partial charge in [0.25, 0.3) is 0 Å². The van der Waals surface area contributed by atoms with Gasteiger partial charge in [0.2, 0.25) is 0 Å². The van der Waals surface area contributed by atoms with E-state index in [0.29, 0.717) is 0 Å². The molecule has 0 saturated carbocycles. The summed E-state index contributed by atoms with van der Waals surface area (Å²) in [5.41, 5.74) is 4.69. The first kappa shape index (κ1) is 10.8. The number of esters is 2. The average Bonchev–Trinajstić information content (AvgIpc) is 1.84. The van der Waals surface area contributed by atoms with Crippen LogP contribution in [0, 0.1) is 0 Å². The number of nitrogens with two attached hydrogens (primary N) is 1. The average molecular weight is 181 g/mol. The van der Waals surface area contributed by atoms with Crippen LogP contribution in [0.25, 0.3) is 0 Å². The molecule has 12 heavy (non-hydrogen) atoms. The number of aliphatic hydroxyl groups is 3. The maximum Gasteiger partial charge on any atom is 0.455 e. The SMILES string of the molecule is NCOC(=O)C(=O)OC(O)(O)O. The van der Waals surface area contributed by atoms with Crippen molar-refractivity contribution in [2.24, 2.45) is 5.73 Å². The molecule has 0 aromatic heterocycles. The van der Waals surface area contributed by atoms with E-state index in [4.69, 9.17) is 21.1 Å². The number of hydrogen-bond acceptors (Lipinski definition) is 8. The molecule has 0 atom stereocenters. The van der Waals surface area contributed by atoms with Gasteiger partial charge in [-0.2, -0.15) is 0 Å². The third kappa shape index (κ3) is 4.57. The Bertz CT molecular complexity index is 182. The Morgan fingerprint density at radius 1 is 1.25 bits per heavy atom. The Balaban J connectivity index is 3.97. The maximum absolute atomic E-state index is 10.3. The summed E-state index contributed by atoms with van der Waals surface area (Å²) in [7, 11) is 0. The fourth-order valence-corrected chi connectivity index (χ4v) is 0.301. The molecule has 0 saturated heterocycles. The van der Waals surface area contributed by atoms with E-state index in [2.05, 4.69) is 9.47 Å². The molecule has 8 heteroatoms. The van der Waals surface area contributed by atoms with E-state index < -0.39 is 24.8 Å². The monoisotopic (exact) mass is 181 g/mol. The predicted octanol–water partition coefficient (Wildman–Crippen LogP) is -3.42. The molecule has 0 radical (unpaired) electrons. The van der Waals surface area contributed by atoms with Gasteiger partial charge in [-0.1, -0.05) is 0 Å². The predicted molar refractivity (Wildman–Crippen MR) is 30.6 cm³/mol. The van der Waals surface area contributed by atoms with Gasteiger partial charge in [0.15, 0.2) is 0 Å². The van der Waals surface area contributed by atoms with Crippen molar-refractivity contribution < 1.29 is 34.4 Å². The Labute approximate surface area is 66.1 Å². The van der Waals surface area contributed by atoms with Gasteiger partial charge in [-0.25, -0.2) is 9.59 Å². The highest BCUT2D eigenvalue weighted by Crippen LogP contribution is 1.96. The second-order valence-electron chi connectivity index (χ2n) is 1.56. The van der Waals surface area contributed by atoms with Crippen molar-refractivity contribution in [3.63, 3.8) is 0 Å². The summed E-state index contributed by atoms with van der Waals surface area (Å²) in [6, 6.07) is 0. The van der Waals surface area contributed by atoms with E-state index in [-0.39, 0.29) is 0 Å². The lowest BCUT2D eigenvalue weighted by molar-refractivity contribution is -0.434. The lowest BCUT2D eigenvalue weighted by atomic mass is 10.7. The van der Waals surface area contributed by atoms with E-state index in [1.165, 1.54) is 0 Å². The molecule has 0 aliphatic rings. The summed E-state index contributed by atoms with van der Waals surface area (Å²) < 4.78 is 7.23. The van der Waals surface area contributed by atoms with Crippen molar-refractivity contribution in [2.75, 3.05) is 6.73 Å². The summed E-state index contributed by atoms with van der Waals surface area (Å²) >= 11 is 0. The van der Waals surface area contributed by atoms with Gasteiger partial charge >= 0.3 is 18.1 Å². The first-order valence-corrected chi connectivity index (χ1v) is 2.64. The van der Waals surface area contributed by atoms with Crippen LogP contribution in [0.4, 0.5) is 0 Å². The summed E-state index contributed by atoms with van der Waals surface area (Å²) in [6.45, 7) is -0.566. The molecule has 0 rings (SSSR count). The second-order valence-corrected chi connectivity index (χ2v) is 1.56. The standard InChI is InChI=1S/C4H7NO7/c5-1-11-2(6)3(7)12-4(8,9)10/h8-10H,1,5H2. The fourth-order valence-electron chi connectivity index (χ4n) is 0.301. The van der Waals surface area contributed by atoms with E-state index in [1.807, 2.05) is 0 Å². The van der Waals surface area contributed by atoms with Gasteiger partial charge in [-0.05, 0) is 0 Å². The summed E-state index contributed by atoms with van der Waals surface area (Å²) in [5, 5.41) is 24.1. The highest BCUT2D eigenvalue weighted by atomic mass is 16.9. The van der Waals surface area contributed by atoms with Gasteiger partial charge in [-0.3, -0.25) is 5.73 Å². The molecule has 0 amide bonds. The van der Waals surface area contributed by atoms with Gasteiger partial charge in [0, 0.05) is 0 Å². The number of carbonyl (C=O) groups excluding carboxylic acids is 2. The number of hydrogen-bond donors (Lipinski definition) is 4. The van der Waals surface area contributed by atoms with Crippen LogP contribution in [0.3, 0.4) is 0 Å². The lowest BCUT2D eigenvalue weighted by Gasteiger charge is -2.12. The van der Waals surface area contributed by atoms with E-state index in [1.54, 1.807) is 0 Å². The largest absolute Gasteiger partial charge is 0.455 e. The van der Waals surface area contributed by atoms with Crippen LogP contribution in [-0.4, -0.2) is 40.1 Å². The Hall–Kier alpha value is -1.22. The van der Waals surface area contributed by atoms with Crippen molar-refractivity contribution in [1.82, 2.24) is 0 Å². The Morgan fingerprint density at radius 3 is 2.08 bits per heavy atom. The molecule has 0 aromatic rings. The zero-order valence-corrected chi connectivity index (χ0v) is 5.76. The molecule has 0 aromatic carbocycles. The lowest BCUT2D eigenvalue weighted by Crippen LogP contribution is -2.37. The third-order valence-corrected chi connectivity index (χ3v) is 0.611. The Kier molecular flexibility index (Phi) is 3.57. The van der Waals surface area contributed by atoms with E-state index in [0.717, 1.165) is 0 Å². The molecular formula is C4H7NO7. The minimum Gasteiger partial charge on any atom is -0.442 e. The molecule has 0 aliphatic carbocycles. The first-order valence-electron chi connectivity index (χ1n) is 2.64. The van der Waals surface area contributed by atoms with Gasteiger partial charge < -0.3 is 24.8 Å². The second kappa shape index (κ2) is 3.97. The molecule has 70 valence electrons. The van der Waals surface area contributed by atoms with E-state index in [9.17, 15) is 9.59 Å². The van der Waals surface area contributed by atoms with E-state index >= 15 is 0 Å². The summed E-state index contributed by atoms with van der Waals surface area (Å²) in [5.74, 6) is -3.31. The van der Waals surface area contributed by atoms with Crippen LogP contribution in [0.1, 0.15) is 0 Å². The number of rotatable bonds is 2. The highest BCUT2D eigenvalue weighted by molar-refractivity contribution is 6.29. The quantitative estimate of drug-likeness (QED) is 0.196. The molecule has 0 unspecified atom stereocenters. The highest BCUT2D eigenvalue weighted by Gasteiger charge is 2.29. The van der Waals surface area contributed by atoms with Crippen LogP contribution in [0.2, 0.25) is 0 Å². The van der Waals surface area contributed by atoms with Gasteiger partial charge in [0.1, 0.15) is 6.73 Å². The topological polar surface area (TPSA) is 139 Å². The van der Waals surface area contributed by atoms with Crippen molar-refractivity contribution >= 4 is 11.9 Å². The van der Waals surface area contributed by atoms with Crippen LogP contribution < -0.4 is 5.73 Å². The molecule has 0 bridgehead atoms. The molecule has 8 nitrogen and oxygen atoms in total. The Morgan fingerprint density at radius 2 is 1.75 bits per heavy atom. The van der Waals surface area contributed by atoms with Crippen molar-refractivity contribution in [3.8, 4) is 0 Å². The zero-order chi connectivity index (χ0) is 9.78. The van der Waals surface area contributed by atoms with Crippen molar-refractivity contribution in [1.29, 1.82) is 0 Å². The molecular weight excluding hydrogens is 174 g/mol.